The SMILES string of the molecule is CNC(C)c1cccnc1N1CC(C(N)=O)CCC1C. The lowest BCUT2D eigenvalue weighted by atomic mass is 9.92. The third kappa shape index (κ3) is 2.93. The summed E-state index contributed by atoms with van der Waals surface area (Å²) in [6.45, 7) is 4.96. The van der Waals surface area contributed by atoms with Gasteiger partial charge >= 0.3 is 0 Å². The Kier molecular flexibility index (Phi) is 4.60. The number of aromatic nitrogens is 1. The highest BCUT2D eigenvalue weighted by molar-refractivity contribution is 5.77. The molecule has 1 amide bonds. The largest absolute Gasteiger partial charge is 0.369 e. The van der Waals surface area contributed by atoms with Gasteiger partial charge in [-0.2, -0.15) is 0 Å². The van der Waals surface area contributed by atoms with E-state index in [0.717, 1.165) is 24.2 Å². The standard InChI is InChI=1S/C15H24N4O/c1-10-6-7-12(14(16)20)9-19(10)15-13(11(2)17-3)5-4-8-18-15/h4-5,8,10-12,17H,6-7,9H2,1-3H3,(H2,16,20). The molecule has 0 radical (unpaired) electrons. The summed E-state index contributed by atoms with van der Waals surface area (Å²) in [5.41, 5.74) is 6.64. The number of nitrogens with two attached hydrogens (primary N) is 1. The third-order valence-corrected chi connectivity index (χ3v) is 4.27. The molecule has 1 aromatic heterocycles. The Morgan fingerprint density at radius 3 is 2.95 bits per heavy atom. The highest BCUT2D eigenvalue weighted by Gasteiger charge is 2.30. The third-order valence-electron chi connectivity index (χ3n) is 4.27. The average Bonchev–Trinajstić information content (AvgIpc) is 2.46. The summed E-state index contributed by atoms with van der Waals surface area (Å²) in [5, 5.41) is 3.25. The van der Waals surface area contributed by atoms with Crippen molar-refractivity contribution < 1.29 is 4.79 Å². The van der Waals surface area contributed by atoms with Crippen LogP contribution in [0.1, 0.15) is 38.3 Å². The predicted molar refractivity (Wildman–Crippen MR) is 80.4 cm³/mol. The lowest BCUT2D eigenvalue weighted by Crippen LogP contribution is -2.46. The molecule has 5 nitrogen and oxygen atoms in total. The molecule has 1 fully saturated rings. The van der Waals surface area contributed by atoms with Crippen molar-refractivity contribution in [1.82, 2.24) is 10.3 Å². The first kappa shape index (κ1) is 14.8. The second-order valence-corrected chi connectivity index (χ2v) is 5.60. The highest BCUT2D eigenvalue weighted by Crippen LogP contribution is 2.31. The van der Waals surface area contributed by atoms with Gasteiger partial charge in [0.05, 0.1) is 5.92 Å². The van der Waals surface area contributed by atoms with E-state index in [1.807, 2.05) is 19.3 Å². The van der Waals surface area contributed by atoms with E-state index in [0.29, 0.717) is 12.6 Å². The fourth-order valence-electron chi connectivity index (χ4n) is 2.78. The molecule has 110 valence electrons. The Labute approximate surface area is 120 Å². The molecular weight excluding hydrogens is 252 g/mol. The number of nitrogens with one attached hydrogen (secondary N) is 1. The van der Waals surface area contributed by atoms with Gasteiger partial charge < -0.3 is 16.0 Å². The van der Waals surface area contributed by atoms with Crippen LogP contribution in [0.2, 0.25) is 0 Å². The number of piperidine rings is 1. The first-order chi connectivity index (χ1) is 9.54. The normalized spacial score (nSPS) is 24.4. The number of anilines is 1. The summed E-state index contributed by atoms with van der Waals surface area (Å²) < 4.78 is 0. The van der Waals surface area contributed by atoms with Gasteiger partial charge in [-0.25, -0.2) is 4.98 Å². The van der Waals surface area contributed by atoms with Gasteiger partial charge in [-0.15, -0.1) is 0 Å². The number of carbonyl (C=O) groups excluding carboxylic acids is 1. The van der Waals surface area contributed by atoms with Gasteiger partial charge in [0.25, 0.3) is 0 Å². The zero-order chi connectivity index (χ0) is 14.7. The quantitative estimate of drug-likeness (QED) is 0.873. The maximum absolute atomic E-state index is 11.5. The second kappa shape index (κ2) is 6.22. The number of hydrogen-bond acceptors (Lipinski definition) is 4. The lowest BCUT2D eigenvalue weighted by molar-refractivity contribution is -0.122. The molecule has 0 saturated carbocycles. The van der Waals surface area contributed by atoms with Crippen LogP contribution in [-0.2, 0) is 4.79 Å². The fraction of sp³-hybridized carbons (Fsp3) is 0.600. The lowest BCUT2D eigenvalue weighted by Gasteiger charge is -2.39. The van der Waals surface area contributed by atoms with E-state index in [4.69, 9.17) is 5.73 Å². The molecule has 3 atom stereocenters. The van der Waals surface area contributed by atoms with Crippen LogP contribution < -0.4 is 16.0 Å². The van der Waals surface area contributed by atoms with E-state index in [2.05, 4.69) is 35.1 Å². The Bertz CT molecular complexity index is 477. The predicted octanol–water partition coefficient (Wildman–Crippen LogP) is 1.45. The topological polar surface area (TPSA) is 71.2 Å². The van der Waals surface area contributed by atoms with Gasteiger partial charge in [-0.05, 0) is 39.8 Å². The molecule has 1 saturated heterocycles. The van der Waals surface area contributed by atoms with Crippen LogP contribution in [0.5, 0.6) is 0 Å². The first-order valence-corrected chi connectivity index (χ1v) is 7.22. The van der Waals surface area contributed by atoms with Gasteiger partial charge in [0, 0.05) is 30.4 Å². The molecule has 1 aromatic rings. The van der Waals surface area contributed by atoms with Gasteiger partial charge in [-0.3, -0.25) is 4.79 Å². The number of amides is 1. The van der Waals surface area contributed by atoms with Gasteiger partial charge in [0.2, 0.25) is 5.91 Å². The number of hydrogen-bond donors (Lipinski definition) is 2. The van der Waals surface area contributed by atoms with E-state index in [9.17, 15) is 4.79 Å². The Balaban J connectivity index is 2.31. The minimum absolute atomic E-state index is 0.0778. The van der Waals surface area contributed by atoms with Crippen molar-refractivity contribution in [3.8, 4) is 0 Å². The molecule has 20 heavy (non-hydrogen) atoms. The minimum Gasteiger partial charge on any atom is -0.369 e. The zero-order valence-corrected chi connectivity index (χ0v) is 12.5. The maximum Gasteiger partial charge on any atom is 0.222 e. The molecule has 1 aliphatic heterocycles. The van der Waals surface area contributed by atoms with Gasteiger partial charge in [0.1, 0.15) is 5.82 Å². The first-order valence-electron chi connectivity index (χ1n) is 7.22. The molecule has 0 aliphatic carbocycles. The fourth-order valence-corrected chi connectivity index (χ4v) is 2.78. The molecule has 2 rings (SSSR count). The van der Waals surface area contributed by atoms with Crippen LogP contribution in [0.25, 0.3) is 0 Å². The molecule has 2 heterocycles. The van der Waals surface area contributed by atoms with Crippen molar-refractivity contribution in [3.63, 3.8) is 0 Å². The van der Waals surface area contributed by atoms with E-state index in [1.54, 1.807) is 0 Å². The Morgan fingerprint density at radius 2 is 2.30 bits per heavy atom. The highest BCUT2D eigenvalue weighted by atomic mass is 16.1. The summed E-state index contributed by atoms with van der Waals surface area (Å²) in [6, 6.07) is 4.64. The molecule has 5 heteroatoms. The van der Waals surface area contributed by atoms with E-state index in [1.165, 1.54) is 0 Å². The molecule has 0 bridgehead atoms. The van der Waals surface area contributed by atoms with Gasteiger partial charge in [0.15, 0.2) is 0 Å². The summed E-state index contributed by atoms with van der Waals surface area (Å²) in [6.07, 6.45) is 3.65. The van der Waals surface area contributed by atoms with Crippen molar-refractivity contribution in [1.29, 1.82) is 0 Å². The van der Waals surface area contributed by atoms with Crippen molar-refractivity contribution in [2.24, 2.45) is 11.7 Å². The Morgan fingerprint density at radius 1 is 1.55 bits per heavy atom. The monoisotopic (exact) mass is 276 g/mol. The van der Waals surface area contributed by atoms with Gasteiger partial charge in [-0.1, -0.05) is 6.07 Å². The van der Waals surface area contributed by atoms with Crippen molar-refractivity contribution in [2.45, 2.75) is 38.8 Å². The summed E-state index contributed by atoms with van der Waals surface area (Å²) in [4.78, 5) is 18.2. The summed E-state index contributed by atoms with van der Waals surface area (Å²) in [7, 11) is 1.94. The van der Waals surface area contributed by atoms with E-state index in [-0.39, 0.29) is 17.9 Å². The van der Waals surface area contributed by atoms with Crippen LogP contribution in [0.15, 0.2) is 18.3 Å². The van der Waals surface area contributed by atoms with Crippen LogP contribution in [-0.4, -0.2) is 30.5 Å². The average molecular weight is 276 g/mol. The molecule has 3 unspecified atom stereocenters. The van der Waals surface area contributed by atoms with Crippen LogP contribution in [0.3, 0.4) is 0 Å². The van der Waals surface area contributed by atoms with Crippen LogP contribution in [0.4, 0.5) is 5.82 Å². The van der Waals surface area contributed by atoms with Crippen LogP contribution in [0, 0.1) is 5.92 Å². The summed E-state index contributed by atoms with van der Waals surface area (Å²) in [5.74, 6) is 0.680. The molecule has 3 N–H and O–H groups in total. The minimum atomic E-state index is -0.207. The molecule has 0 aromatic carbocycles. The number of primary amides is 1. The second-order valence-electron chi connectivity index (χ2n) is 5.60. The number of nitrogens with zero attached hydrogens (tertiary/aromatic N) is 2. The van der Waals surface area contributed by atoms with E-state index < -0.39 is 0 Å². The molecular formula is C15H24N4O. The number of pyridine rings is 1. The maximum atomic E-state index is 11.5. The molecule has 0 spiro atoms. The summed E-state index contributed by atoms with van der Waals surface area (Å²) >= 11 is 0. The van der Waals surface area contributed by atoms with Crippen molar-refractivity contribution in [3.05, 3.63) is 23.9 Å². The molecule has 1 aliphatic rings. The van der Waals surface area contributed by atoms with E-state index >= 15 is 0 Å². The number of carbonyl (C=O) groups is 1. The van der Waals surface area contributed by atoms with Crippen molar-refractivity contribution in [2.75, 3.05) is 18.5 Å². The Hall–Kier alpha value is -1.62. The van der Waals surface area contributed by atoms with Crippen molar-refractivity contribution >= 4 is 11.7 Å². The smallest absolute Gasteiger partial charge is 0.222 e. The zero-order valence-electron chi connectivity index (χ0n) is 12.5. The van der Waals surface area contributed by atoms with Crippen LogP contribution >= 0.6 is 0 Å². The number of rotatable bonds is 4.